The monoisotopic (exact) mass is 350 g/mol. The van der Waals surface area contributed by atoms with Gasteiger partial charge in [-0.2, -0.15) is 0 Å². The third-order valence-electron chi connectivity index (χ3n) is 4.04. The summed E-state index contributed by atoms with van der Waals surface area (Å²) in [5.41, 5.74) is 1.70. The Kier molecular flexibility index (Phi) is 5.12. The van der Waals surface area contributed by atoms with Gasteiger partial charge < -0.3 is 15.0 Å². The molecule has 0 saturated carbocycles. The van der Waals surface area contributed by atoms with Crippen LogP contribution in [0.15, 0.2) is 59.4 Å². The Morgan fingerprint density at radius 1 is 1.08 bits per heavy atom. The summed E-state index contributed by atoms with van der Waals surface area (Å²) in [6.45, 7) is 1.90. The van der Waals surface area contributed by atoms with Crippen LogP contribution < -0.4 is 10.9 Å². The van der Waals surface area contributed by atoms with Crippen molar-refractivity contribution < 1.29 is 14.3 Å². The molecule has 1 heterocycles. The summed E-state index contributed by atoms with van der Waals surface area (Å²) in [7, 11) is 0. The summed E-state index contributed by atoms with van der Waals surface area (Å²) in [4.78, 5) is 38.5. The van der Waals surface area contributed by atoms with Crippen LogP contribution in [-0.4, -0.2) is 23.5 Å². The van der Waals surface area contributed by atoms with E-state index in [9.17, 15) is 14.4 Å². The van der Waals surface area contributed by atoms with Crippen molar-refractivity contribution in [1.29, 1.82) is 0 Å². The molecule has 0 aliphatic rings. The first kappa shape index (κ1) is 17.4. The number of benzene rings is 2. The van der Waals surface area contributed by atoms with E-state index in [0.29, 0.717) is 17.3 Å². The number of H-pyrrole nitrogens is 1. The van der Waals surface area contributed by atoms with E-state index in [2.05, 4.69) is 10.3 Å². The topological polar surface area (TPSA) is 88.3 Å². The standard InChI is InChI=1S/C20H18N2O4/c1-13-6-2-3-8-15(13)11-21-18(23)12-26-20(25)17-10-14-7-4-5-9-16(14)19(24)22-17/h2-10H,11-12H2,1H3,(H,21,23)(H,22,24). The number of aryl methyl sites for hydroxylation is 1. The lowest BCUT2D eigenvalue weighted by atomic mass is 10.1. The minimum atomic E-state index is -0.751. The minimum Gasteiger partial charge on any atom is -0.451 e. The number of rotatable bonds is 5. The first-order valence-corrected chi connectivity index (χ1v) is 8.15. The second kappa shape index (κ2) is 7.65. The van der Waals surface area contributed by atoms with Crippen LogP contribution in [0.2, 0.25) is 0 Å². The van der Waals surface area contributed by atoms with E-state index in [-0.39, 0.29) is 11.3 Å². The number of hydrogen-bond donors (Lipinski definition) is 2. The van der Waals surface area contributed by atoms with Crippen molar-refractivity contribution in [2.45, 2.75) is 13.5 Å². The molecule has 0 bridgehead atoms. The second-order valence-corrected chi connectivity index (χ2v) is 5.88. The maximum Gasteiger partial charge on any atom is 0.355 e. The van der Waals surface area contributed by atoms with Gasteiger partial charge in [-0.05, 0) is 35.6 Å². The predicted molar refractivity (Wildman–Crippen MR) is 97.9 cm³/mol. The lowest BCUT2D eigenvalue weighted by Gasteiger charge is -2.09. The van der Waals surface area contributed by atoms with Gasteiger partial charge in [0.2, 0.25) is 0 Å². The Balaban J connectivity index is 1.59. The first-order valence-electron chi connectivity index (χ1n) is 8.15. The van der Waals surface area contributed by atoms with E-state index in [1.54, 1.807) is 24.3 Å². The average Bonchev–Trinajstić information content (AvgIpc) is 2.65. The molecule has 3 rings (SSSR count). The molecule has 0 unspecified atom stereocenters. The molecule has 1 aromatic heterocycles. The number of carbonyl (C=O) groups is 2. The van der Waals surface area contributed by atoms with Crippen molar-refractivity contribution >= 4 is 22.6 Å². The number of fused-ring (bicyclic) bond motifs is 1. The zero-order valence-electron chi connectivity index (χ0n) is 14.2. The van der Waals surface area contributed by atoms with Crippen LogP contribution in [-0.2, 0) is 16.1 Å². The Bertz CT molecular complexity index is 1020. The molecule has 0 atom stereocenters. The van der Waals surface area contributed by atoms with E-state index in [0.717, 1.165) is 11.1 Å². The number of carbonyl (C=O) groups excluding carboxylic acids is 2. The summed E-state index contributed by atoms with van der Waals surface area (Å²) < 4.78 is 4.99. The highest BCUT2D eigenvalue weighted by molar-refractivity contribution is 5.94. The van der Waals surface area contributed by atoms with Gasteiger partial charge in [-0.25, -0.2) is 4.79 Å². The molecule has 0 aliphatic carbocycles. The number of nitrogens with one attached hydrogen (secondary N) is 2. The van der Waals surface area contributed by atoms with Crippen LogP contribution in [0, 0.1) is 6.92 Å². The van der Waals surface area contributed by atoms with Gasteiger partial charge in [0.25, 0.3) is 11.5 Å². The zero-order valence-corrected chi connectivity index (χ0v) is 14.2. The molecule has 0 spiro atoms. The van der Waals surface area contributed by atoms with Crippen molar-refractivity contribution in [3.63, 3.8) is 0 Å². The molecule has 6 nitrogen and oxygen atoms in total. The largest absolute Gasteiger partial charge is 0.451 e. The first-order chi connectivity index (χ1) is 12.5. The molecular formula is C20H18N2O4. The fourth-order valence-electron chi connectivity index (χ4n) is 2.58. The predicted octanol–water partition coefficient (Wildman–Crippen LogP) is 2.31. The van der Waals surface area contributed by atoms with Gasteiger partial charge in [0.15, 0.2) is 6.61 Å². The van der Waals surface area contributed by atoms with Gasteiger partial charge in [-0.1, -0.05) is 42.5 Å². The van der Waals surface area contributed by atoms with Crippen molar-refractivity contribution in [2.24, 2.45) is 0 Å². The number of aromatic amines is 1. The molecule has 3 aromatic rings. The van der Waals surface area contributed by atoms with Crippen LogP contribution in [0.4, 0.5) is 0 Å². The van der Waals surface area contributed by atoms with Gasteiger partial charge in [0.05, 0.1) is 0 Å². The minimum absolute atomic E-state index is 0.0143. The average molecular weight is 350 g/mol. The van der Waals surface area contributed by atoms with Crippen molar-refractivity contribution in [3.8, 4) is 0 Å². The molecule has 132 valence electrons. The molecular weight excluding hydrogens is 332 g/mol. The highest BCUT2D eigenvalue weighted by Crippen LogP contribution is 2.10. The molecule has 2 aromatic carbocycles. The smallest absolute Gasteiger partial charge is 0.355 e. The van der Waals surface area contributed by atoms with E-state index in [4.69, 9.17) is 4.74 Å². The Hall–Kier alpha value is -3.41. The number of amides is 1. The summed E-state index contributed by atoms with van der Waals surface area (Å²) in [6, 6.07) is 16.1. The summed E-state index contributed by atoms with van der Waals surface area (Å²) >= 11 is 0. The van der Waals surface area contributed by atoms with E-state index in [1.165, 1.54) is 6.07 Å². The number of pyridine rings is 1. The van der Waals surface area contributed by atoms with E-state index in [1.807, 2.05) is 31.2 Å². The molecule has 0 radical (unpaired) electrons. The van der Waals surface area contributed by atoms with Crippen molar-refractivity contribution in [2.75, 3.05) is 6.61 Å². The molecule has 0 saturated heterocycles. The quantitative estimate of drug-likeness (QED) is 0.691. The Labute approximate surface area is 149 Å². The van der Waals surface area contributed by atoms with Gasteiger partial charge in [0, 0.05) is 11.9 Å². The maximum absolute atomic E-state index is 12.1. The molecule has 0 fully saturated rings. The maximum atomic E-state index is 12.1. The van der Waals surface area contributed by atoms with Crippen LogP contribution in [0.1, 0.15) is 21.6 Å². The zero-order chi connectivity index (χ0) is 18.5. The number of esters is 1. The normalized spacial score (nSPS) is 10.5. The van der Waals surface area contributed by atoms with Gasteiger partial charge in [0.1, 0.15) is 5.69 Å². The van der Waals surface area contributed by atoms with Gasteiger partial charge >= 0.3 is 5.97 Å². The van der Waals surface area contributed by atoms with Gasteiger partial charge in [-0.3, -0.25) is 9.59 Å². The highest BCUT2D eigenvalue weighted by atomic mass is 16.5. The number of hydrogen-bond acceptors (Lipinski definition) is 4. The fraction of sp³-hybridized carbons (Fsp3) is 0.150. The molecule has 0 aliphatic heterocycles. The number of aromatic nitrogens is 1. The summed E-state index contributed by atoms with van der Waals surface area (Å²) in [5, 5.41) is 3.82. The number of ether oxygens (including phenoxy) is 1. The molecule has 26 heavy (non-hydrogen) atoms. The fourth-order valence-corrected chi connectivity index (χ4v) is 2.58. The Morgan fingerprint density at radius 2 is 1.81 bits per heavy atom. The third-order valence-corrected chi connectivity index (χ3v) is 4.04. The van der Waals surface area contributed by atoms with Gasteiger partial charge in [-0.15, -0.1) is 0 Å². The van der Waals surface area contributed by atoms with E-state index < -0.39 is 18.5 Å². The van der Waals surface area contributed by atoms with E-state index >= 15 is 0 Å². The van der Waals surface area contributed by atoms with Crippen LogP contribution >= 0.6 is 0 Å². The Morgan fingerprint density at radius 3 is 2.62 bits per heavy atom. The lowest BCUT2D eigenvalue weighted by molar-refractivity contribution is -0.124. The third kappa shape index (κ3) is 3.97. The molecule has 6 heteroatoms. The van der Waals surface area contributed by atoms with Crippen LogP contribution in [0.25, 0.3) is 10.8 Å². The van der Waals surface area contributed by atoms with Crippen LogP contribution in [0.5, 0.6) is 0 Å². The molecule has 2 N–H and O–H groups in total. The lowest BCUT2D eigenvalue weighted by Crippen LogP contribution is -2.29. The summed E-state index contributed by atoms with van der Waals surface area (Å²) in [6.07, 6.45) is 0. The summed E-state index contributed by atoms with van der Waals surface area (Å²) in [5.74, 6) is -1.16. The van der Waals surface area contributed by atoms with Crippen molar-refractivity contribution in [3.05, 3.63) is 81.8 Å². The SMILES string of the molecule is Cc1ccccc1CNC(=O)COC(=O)c1cc2ccccc2c(=O)[nH]1. The van der Waals surface area contributed by atoms with Crippen LogP contribution in [0.3, 0.4) is 0 Å². The molecule has 1 amide bonds. The highest BCUT2D eigenvalue weighted by Gasteiger charge is 2.13. The second-order valence-electron chi connectivity index (χ2n) is 5.88. The van der Waals surface area contributed by atoms with Crippen molar-refractivity contribution in [1.82, 2.24) is 10.3 Å².